The van der Waals surface area contributed by atoms with Gasteiger partial charge in [-0.2, -0.15) is 8.42 Å². The molecule has 0 aliphatic carbocycles. The smallest absolute Gasteiger partial charge is 0.431 e. The van der Waals surface area contributed by atoms with Gasteiger partial charge in [-0.15, -0.1) is 11.8 Å². The molecule has 206 valence electrons. The first-order valence-corrected chi connectivity index (χ1v) is 13.4. The van der Waals surface area contributed by atoms with E-state index in [9.17, 15) is 22.8 Å². The first kappa shape index (κ1) is 30.4. The lowest BCUT2D eigenvalue weighted by molar-refractivity contribution is -0.145. The van der Waals surface area contributed by atoms with Crippen LogP contribution in [0.2, 0.25) is 0 Å². The van der Waals surface area contributed by atoms with Crippen molar-refractivity contribution in [2.75, 3.05) is 19.5 Å². The number of carbonyl (C=O) groups is 3. The average Bonchev–Trinajstić information content (AvgIpc) is 2.78. The highest BCUT2D eigenvalue weighted by molar-refractivity contribution is 8.00. The van der Waals surface area contributed by atoms with Gasteiger partial charge < -0.3 is 29.4 Å². The highest BCUT2D eigenvalue weighted by Crippen LogP contribution is 2.39. The summed E-state index contributed by atoms with van der Waals surface area (Å²) in [6.45, 7) is 6.65. The predicted octanol–water partition coefficient (Wildman–Crippen LogP) is 2.39. The maximum Gasteiger partial charge on any atom is 0.518 e. The van der Waals surface area contributed by atoms with Crippen molar-refractivity contribution in [3.05, 3.63) is 41.3 Å². The third kappa shape index (κ3) is 8.60. The number of aryl methyl sites for hydroxylation is 1. The molecule has 0 spiro atoms. The average molecular weight is 563 g/mol. The topological polar surface area (TPSA) is 181 Å². The van der Waals surface area contributed by atoms with Crippen LogP contribution in [-0.2, 0) is 38.6 Å². The molecular formula is C22H30N2O11S2. The lowest BCUT2D eigenvalue weighted by Crippen LogP contribution is -2.68. The number of hydrogen-bond donors (Lipinski definition) is 2. The van der Waals surface area contributed by atoms with Crippen molar-refractivity contribution in [2.24, 2.45) is 5.73 Å². The summed E-state index contributed by atoms with van der Waals surface area (Å²) >= 11 is 1.46. The molecule has 1 unspecified atom stereocenters. The molecule has 1 saturated heterocycles. The van der Waals surface area contributed by atoms with E-state index in [1.54, 1.807) is 26.0 Å². The van der Waals surface area contributed by atoms with Crippen LogP contribution < -0.4 is 5.73 Å². The van der Waals surface area contributed by atoms with Gasteiger partial charge in [0.05, 0.1) is 17.6 Å². The zero-order valence-electron chi connectivity index (χ0n) is 20.9. The van der Waals surface area contributed by atoms with Crippen LogP contribution in [0.25, 0.3) is 0 Å². The summed E-state index contributed by atoms with van der Waals surface area (Å²) in [4.78, 5) is 36.6. The van der Waals surface area contributed by atoms with Crippen LogP contribution in [0.3, 0.4) is 0 Å². The summed E-state index contributed by atoms with van der Waals surface area (Å²) in [5.74, 6) is 0.179. The molecule has 1 fully saturated rings. The minimum Gasteiger partial charge on any atom is -0.431 e. The van der Waals surface area contributed by atoms with Gasteiger partial charge >= 0.3 is 12.3 Å². The molecule has 2 aliphatic heterocycles. The van der Waals surface area contributed by atoms with Gasteiger partial charge in [-0.1, -0.05) is 17.7 Å². The Kier molecular flexibility index (Phi) is 10.8. The number of amides is 1. The Balaban J connectivity index is 0.000000364. The summed E-state index contributed by atoms with van der Waals surface area (Å²) < 4.78 is 54.2. The maximum absolute atomic E-state index is 12.0. The summed E-state index contributed by atoms with van der Waals surface area (Å²) in [5, 5.41) is -0.305. The van der Waals surface area contributed by atoms with Crippen LogP contribution in [0.5, 0.6) is 0 Å². The lowest BCUT2D eigenvalue weighted by atomic mass is 10.1. The number of rotatable bonds is 7. The summed E-state index contributed by atoms with van der Waals surface area (Å²) in [7, 11) is -2.53. The van der Waals surface area contributed by atoms with E-state index in [4.69, 9.17) is 34.0 Å². The molecule has 1 aromatic carbocycles. The molecule has 3 rings (SSSR count). The second-order valence-corrected chi connectivity index (χ2v) is 10.7. The second kappa shape index (κ2) is 13.1. The van der Waals surface area contributed by atoms with Gasteiger partial charge in [0, 0.05) is 25.4 Å². The SMILES string of the molecule is COCC1=C(OC(=O)OC(C)OC(=O)OC(C)C)N2C(=O)[C@@H](N)[C@H]2SC1.Cc1ccc(S(=O)(=O)O)cc1. The van der Waals surface area contributed by atoms with Crippen molar-refractivity contribution in [2.45, 2.75) is 56.4 Å². The third-order valence-electron chi connectivity index (χ3n) is 4.71. The number of ether oxygens (including phenoxy) is 5. The van der Waals surface area contributed by atoms with Crippen LogP contribution in [0.4, 0.5) is 9.59 Å². The minimum absolute atomic E-state index is 0.0456. The molecule has 2 heterocycles. The molecule has 0 aromatic heterocycles. The van der Waals surface area contributed by atoms with E-state index >= 15 is 0 Å². The first-order valence-electron chi connectivity index (χ1n) is 11.0. The Hall–Kier alpha value is -2.85. The standard InChI is InChI=1S/C15H22N2O8S.C7H8O3S/c1-7(2)22-14(19)23-8(3)24-15(20)25-12-9(5-21-4)6-26-13-10(16)11(18)17(12)13;1-6-2-4-7(5-3-6)11(8,9)10/h7-8,10,13H,5-6,16H2,1-4H3;2-5H,1H3,(H,8,9,10)/t8?,10-,13-;/m1./s1. The van der Waals surface area contributed by atoms with E-state index in [-0.39, 0.29) is 34.8 Å². The number of benzene rings is 1. The first-order chi connectivity index (χ1) is 17.2. The zero-order valence-corrected chi connectivity index (χ0v) is 22.5. The monoisotopic (exact) mass is 562 g/mol. The number of thioether (sulfide) groups is 1. The summed E-state index contributed by atoms with van der Waals surface area (Å²) in [6.07, 6.45) is -3.71. The maximum atomic E-state index is 12.0. The zero-order chi connectivity index (χ0) is 27.9. The fourth-order valence-electron chi connectivity index (χ4n) is 3.03. The minimum atomic E-state index is -4.02. The highest BCUT2D eigenvalue weighted by atomic mass is 32.2. The van der Waals surface area contributed by atoms with Gasteiger partial charge in [-0.3, -0.25) is 14.2 Å². The quantitative estimate of drug-likeness (QED) is 0.214. The van der Waals surface area contributed by atoms with Gasteiger partial charge in [0.15, 0.2) is 0 Å². The number of hydrogen-bond acceptors (Lipinski definition) is 12. The van der Waals surface area contributed by atoms with Crippen LogP contribution in [0.15, 0.2) is 40.6 Å². The lowest BCUT2D eigenvalue weighted by Gasteiger charge is -2.47. The van der Waals surface area contributed by atoms with E-state index in [0.717, 1.165) is 5.56 Å². The molecule has 0 bridgehead atoms. The molecule has 13 nitrogen and oxygen atoms in total. The fourth-order valence-corrected chi connectivity index (χ4v) is 4.76. The molecule has 3 atom stereocenters. The number of methoxy groups -OCH3 is 1. The van der Waals surface area contributed by atoms with Gasteiger partial charge in [0.1, 0.15) is 11.4 Å². The molecule has 15 heteroatoms. The molecular weight excluding hydrogens is 532 g/mol. The van der Waals surface area contributed by atoms with E-state index in [0.29, 0.717) is 11.3 Å². The van der Waals surface area contributed by atoms with Crippen LogP contribution in [-0.4, -0.2) is 79.4 Å². The normalized spacial score (nSPS) is 19.7. The largest absolute Gasteiger partial charge is 0.518 e. The molecule has 1 aromatic rings. The highest BCUT2D eigenvalue weighted by Gasteiger charge is 2.51. The van der Waals surface area contributed by atoms with Crippen LogP contribution >= 0.6 is 11.8 Å². The number of carbonyl (C=O) groups excluding carboxylic acids is 3. The molecule has 37 heavy (non-hydrogen) atoms. The van der Waals surface area contributed by atoms with E-state index in [1.807, 2.05) is 6.92 Å². The summed E-state index contributed by atoms with van der Waals surface area (Å²) in [6, 6.07) is 5.34. The summed E-state index contributed by atoms with van der Waals surface area (Å²) in [5.41, 5.74) is 7.32. The van der Waals surface area contributed by atoms with Crippen molar-refractivity contribution in [3.8, 4) is 0 Å². The molecule has 3 N–H and O–H groups in total. The molecule has 1 amide bonds. The predicted molar refractivity (Wildman–Crippen MR) is 131 cm³/mol. The van der Waals surface area contributed by atoms with Crippen molar-refractivity contribution in [3.63, 3.8) is 0 Å². The Morgan fingerprint density at radius 2 is 1.73 bits per heavy atom. The van der Waals surface area contributed by atoms with E-state index in [2.05, 4.69) is 0 Å². The van der Waals surface area contributed by atoms with Gasteiger partial charge in [0.2, 0.25) is 11.8 Å². The van der Waals surface area contributed by atoms with Crippen molar-refractivity contribution >= 4 is 40.1 Å². The third-order valence-corrected chi connectivity index (χ3v) is 6.94. The Morgan fingerprint density at radius 3 is 2.27 bits per heavy atom. The molecule has 0 radical (unpaired) electrons. The van der Waals surface area contributed by atoms with Crippen molar-refractivity contribution in [1.82, 2.24) is 4.90 Å². The fraction of sp³-hybridized carbons (Fsp3) is 0.500. The Bertz CT molecular complexity index is 1120. The Morgan fingerprint density at radius 1 is 1.14 bits per heavy atom. The van der Waals surface area contributed by atoms with Crippen LogP contribution in [0, 0.1) is 6.92 Å². The van der Waals surface area contributed by atoms with Crippen LogP contribution in [0.1, 0.15) is 26.3 Å². The number of β-lactam (4-membered cyclic amide) rings is 1. The molecule has 0 saturated carbocycles. The van der Waals surface area contributed by atoms with E-state index in [1.165, 1.54) is 42.8 Å². The Labute approximate surface area is 218 Å². The van der Waals surface area contributed by atoms with Gasteiger partial charge in [-0.25, -0.2) is 9.59 Å². The number of nitrogens with two attached hydrogens (primary N) is 1. The van der Waals surface area contributed by atoms with Gasteiger partial charge in [-0.05, 0) is 32.9 Å². The van der Waals surface area contributed by atoms with Gasteiger partial charge in [0.25, 0.3) is 16.4 Å². The van der Waals surface area contributed by atoms with E-state index < -0.39 is 34.8 Å². The van der Waals surface area contributed by atoms with Crippen molar-refractivity contribution < 1.29 is 51.0 Å². The number of nitrogens with zero attached hydrogens (tertiary/aromatic N) is 1. The second-order valence-electron chi connectivity index (χ2n) is 8.14. The number of fused-ring (bicyclic) bond motifs is 1. The van der Waals surface area contributed by atoms with Crippen molar-refractivity contribution in [1.29, 1.82) is 0 Å². The molecule has 2 aliphatic rings.